The third-order valence-electron chi connectivity index (χ3n) is 7.85. The lowest BCUT2D eigenvalue weighted by Crippen LogP contribution is -2.62. The minimum absolute atomic E-state index is 0.00877. The molecule has 0 spiro atoms. The molecular formula is C40H36O9. The first kappa shape index (κ1) is 33.6. The summed E-state index contributed by atoms with van der Waals surface area (Å²) < 4.78 is 36.3. The highest BCUT2D eigenvalue weighted by atomic mass is 16.7. The number of carbonyl (C=O) groups is 2. The van der Waals surface area contributed by atoms with Crippen molar-refractivity contribution in [2.45, 2.75) is 43.9 Å². The van der Waals surface area contributed by atoms with E-state index in [-0.39, 0.29) is 13.2 Å². The van der Waals surface area contributed by atoms with Crippen molar-refractivity contribution in [1.29, 1.82) is 0 Å². The van der Waals surface area contributed by atoms with Gasteiger partial charge < -0.3 is 33.5 Å². The highest BCUT2D eigenvalue weighted by Crippen LogP contribution is 2.31. The molecule has 49 heavy (non-hydrogen) atoms. The molecule has 5 atom stereocenters. The molecule has 5 aromatic carbocycles. The summed E-state index contributed by atoms with van der Waals surface area (Å²) in [5.41, 5.74) is 2.56. The van der Waals surface area contributed by atoms with Crippen LogP contribution in [0.4, 0.5) is 0 Å². The normalized spacial score (nSPS) is 20.2. The second-order valence-corrected chi connectivity index (χ2v) is 11.4. The monoisotopic (exact) mass is 660 g/mol. The molecule has 5 aromatic rings. The molecular weight excluding hydrogens is 624 g/mol. The summed E-state index contributed by atoms with van der Waals surface area (Å²) in [6.45, 7) is 0.437. The first-order valence-corrected chi connectivity index (χ1v) is 15.9. The first-order chi connectivity index (χ1) is 24.0. The molecule has 1 saturated heterocycles. The van der Waals surface area contributed by atoms with Crippen molar-refractivity contribution in [3.63, 3.8) is 0 Å². The summed E-state index contributed by atoms with van der Waals surface area (Å²) in [5.74, 6) is -0.481. The van der Waals surface area contributed by atoms with Gasteiger partial charge in [0.15, 0.2) is 6.10 Å². The van der Waals surface area contributed by atoms with Gasteiger partial charge in [-0.05, 0) is 59.7 Å². The van der Waals surface area contributed by atoms with Gasteiger partial charge in [0, 0.05) is 0 Å². The number of hydrogen-bond acceptors (Lipinski definition) is 9. The zero-order chi connectivity index (χ0) is 33.8. The van der Waals surface area contributed by atoms with E-state index in [4.69, 9.17) is 28.4 Å². The van der Waals surface area contributed by atoms with E-state index in [1.807, 2.05) is 66.7 Å². The minimum atomic E-state index is -1.24. The van der Waals surface area contributed by atoms with Crippen molar-refractivity contribution < 1.29 is 43.1 Å². The van der Waals surface area contributed by atoms with Gasteiger partial charge in [-0.15, -0.1) is 0 Å². The second-order valence-electron chi connectivity index (χ2n) is 11.4. The third-order valence-corrected chi connectivity index (χ3v) is 7.85. The largest absolute Gasteiger partial charge is 0.461 e. The minimum Gasteiger partial charge on any atom is -0.461 e. The Labute approximate surface area is 284 Å². The summed E-state index contributed by atoms with van der Waals surface area (Å²) in [5, 5.41) is 11.6. The molecule has 1 heterocycles. The van der Waals surface area contributed by atoms with Crippen molar-refractivity contribution in [2.24, 2.45) is 0 Å². The van der Waals surface area contributed by atoms with Gasteiger partial charge in [0.2, 0.25) is 6.29 Å². The van der Waals surface area contributed by atoms with E-state index in [2.05, 4.69) is 0 Å². The van der Waals surface area contributed by atoms with Crippen molar-refractivity contribution in [1.82, 2.24) is 0 Å². The molecule has 0 radical (unpaired) electrons. The lowest BCUT2D eigenvalue weighted by molar-refractivity contribution is -0.289. The number of ether oxygens (including phenoxy) is 6. The Morgan fingerprint density at radius 1 is 0.592 bits per heavy atom. The summed E-state index contributed by atoms with van der Waals surface area (Å²) in [6, 6.07) is 42.7. The molecule has 9 heteroatoms. The summed E-state index contributed by atoms with van der Waals surface area (Å²) in [4.78, 5) is 25.9. The SMILES string of the molecule is O=C(Oc1ccc(O[C@@H]2O[C@H](COCc3ccccc3)[C@@H](O)[C@H](OCc3ccccc3)[C@H]2OC(=O)c2ccccc2)cc1)c1ccccc1. The second kappa shape index (κ2) is 16.7. The fraction of sp³-hybridized carbons (Fsp3) is 0.200. The zero-order valence-corrected chi connectivity index (χ0v) is 26.6. The number of aliphatic hydroxyl groups is 1. The van der Waals surface area contributed by atoms with Gasteiger partial charge >= 0.3 is 11.9 Å². The molecule has 0 unspecified atom stereocenters. The van der Waals surface area contributed by atoms with E-state index < -0.39 is 42.6 Å². The highest BCUT2D eigenvalue weighted by Gasteiger charge is 2.50. The Hall–Kier alpha value is -5.32. The van der Waals surface area contributed by atoms with Crippen LogP contribution in [0.25, 0.3) is 0 Å². The van der Waals surface area contributed by atoms with Crippen LogP contribution in [0, 0.1) is 0 Å². The van der Waals surface area contributed by atoms with E-state index in [0.29, 0.717) is 29.2 Å². The number of carbonyl (C=O) groups excluding carboxylic acids is 2. The highest BCUT2D eigenvalue weighted by molar-refractivity contribution is 5.91. The number of rotatable bonds is 13. The van der Waals surface area contributed by atoms with Crippen LogP contribution in [-0.2, 0) is 32.2 Å². The third kappa shape index (κ3) is 9.19. The van der Waals surface area contributed by atoms with E-state index in [1.54, 1.807) is 78.9 Å². The summed E-state index contributed by atoms with van der Waals surface area (Å²) in [7, 11) is 0. The van der Waals surface area contributed by atoms with Crippen LogP contribution in [0.1, 0.15) is 31.8 Å². The predicted molar refractivity (Wildman–Crippen MR) is 180 cm³/mol. The van der Waals surface area contributed by atoms with Crippen LogP contribution < -0.4 is 9.47 Å². The molecule has 6 rings (SSSR count). The molecule has 0 aliphatic carbocycles. The molecule has 1 aliphatic rings. The number of aliphatic hydroxyl groups excluding tert-OH is 1. The Balaban J connectivity index is 1.24. The Morgan fingerprint density at radius 2 is 1.10 bits per heavy atom. The van der Waals surface area contributed by atoms with Gasteiger partial charge in [0.25, 0.3) is 0 Å². The molecule has 1 aliphatic heterocycles. The lowest BCUT2D eigenvalue weighted by Gasteiger charge is -2.43. The van der Waals surface area contributed by atoms with Crippen LogP contribution in [-0.4, -0.2) is 54.4 Å². The maximum absolute atomic E-state index is 13.4. The van der Waals surface area contributed by atoms with Crippen molar-refractivity contribution >= 4 is 11.9 Å². The quantitative estimate of drug-likeness (QED) is 0.113. The molecule has 250 valence electrons. The Bertz CT molecular complexity index is 1750. The van der Waals surface area contributed by atoms with Gasteiger partial charge in [0.1, 0.15) is 29.8 Å². The van der Waals surface area contributed by atoms with Crippen LogP contribution in [0.5, 0.6) is 11.5 Å². The topological polar surface area (TPSA) is 110 Å². The smallest absolute Gasteiger partial charge is 0.343 e. The average molecular weight is 661 g/mol. The molecule has 0 amide bonds. The van der Waals surface area contributed by atoms with Crippen LogP contribution in [0.3, 0.4) is 0 Å². The van der Waals surface area contributed by atoms with Crippen LogP contribution >= 0.6 is 0 Å². The molecule has 0 bridgehead atoms. The van der Waals surface area contributed by atoms with Crippen molar-refractivity contribution in [3.05, 3.63) is 168 Å². The molecule has 1 fully saturated rings. The number of esters is 2. The number of benzene rings is 5. The van der Waals surface area contributed by atoms with Gasteiger partial charge in [-0.2, -0.15) is 0 Å². The zero-order valence-electron chi connectivity index (χ0n) is 26.6. The summed E-state index contributed by atoms with van der Waals surface area (Å²) in [6.07, 6.45) is -5.59. The van der Waals surface area contributed by atoms with Crippen molar-refractivity contribution in [2.75, 3.05) is 6.61 Å². The van der Waals surface area contributed by atoms with Crippen LogP contribution in [0.15, 0.2) is 146 Å². The Kier molecular flexibility index (Phi) is 11.4. The van der Waals surface area contributed by atoms with Gasteiger partial charge in [-0.1, -0.05) is 97.1 Å². The molecule has 1 N–H and O–H groups in total. The Morgan fingerprint density at radius 3 is 1.69 bits per heavy atom. The maximum atomic E-state index is 13.4. The van der Waals surface area contributed by atoms with Gasteiger partial charge in [-0.25, -0.2) is 9.59 Å². The van der Waals surface area contributed by atoms with E-state index >= 15 is 0 Å². The molecule has 9 nitrogen and oxygen atoms in total. The predicted octanol–water partition coefficient (Wildman–Crippen LogP) is 6.40. The van der Waals surface area contributed by atoms with Crippen LogP contribution in [0.2, 0.25) is 0 Å². The fourth-order valence-electron chi connectivity index (χ4n) is 5.30. The van der Waals surface area contributed by atoms with E-state index in [9.17, 15) is 14.7 Å². The maximum Gasteiger partial charge on any atom is 0.343 e. The average Bonchev–Trinajstić information content (AvgIpc) is 3.15. The lowest BCUT2D eigenvalue weighted by atomic mass is 9.98. The first-order valence-electron chi connectivity index (χ1n) is 15.9. The van der Waals surface area contributed by atoms with E-state index in [0.717, 1.165) is 11.1 Å². The molecule has 0 aromatic heterocycles. The van der Waals surface area contributed by atoms with E-state index in [1.165, 1.54) is 0 Å². The van der Waals surface area contributed by atoms with Gasteiger partial charge in [-0.3, -0.25) is 0 Å². The standard InChI is InChI=1S/C40H36O9/c41-35-34(27-44-25-28-13-5-1-6-14-28)48-40(47-33-23-21-32(22-24-33)46-38(42)30-17-9-3-10-18-30)37(49-39(43)31-19-11-4-12-20-31)36(35)45-26-29-15-7-2-8-16-29/h1-24,34-37,40-41H,25-27H2/t34-,35-,36+,37-,40-/m1/s1. The molecule has 0 saturated carbocycles. The number of hydrogen-bond donors (Lipinski definition) is 1. The summed E-state index contributed by atoms with van der Waals surface area (Å²) >= 11 is 0. The van der Waals surface area contributed by atoms with Gasteiger partial charge in [0.05, 0.1) is 30.9 Å². The van der Waals surface area contributed by atoms with Crippen molar-refractivity contribution in [3.8, 4) is 11.5 Å². The fourth-order valence-corrected chi connectivity index (χ4v) is 5.30.